The van der Waals surface area contributed by atoms with Gasteiger partial charge in [-0.3, -0.25) is 14.3 Å². The van der Waals surface area contributed by atoms with Gasteiger partial charge in [0, 0.05) is 28.0 Å². The van der Waals surface area contributed by atoms with Crippen LogP contribution in [0.4, 0.5) is 11.4 Å². The van der Waals surface area contributed by atoms with Crippen LogP contribution < -0.4 is 20.3 Å². The van der Waals surface area contributed by atoms with E-state index in [1.807, 2.05) is 6.92 Å². The van der Waals surface area contributed by atoms with Crippen molar-refractivity contribution in [2.24, 2.45) is 0 Å². The summed E-state index contributed by atoms with van der Waals surface area (Å²) in [4.78, 5) is 31.1. The van der Waals surface area contributed by atoms with Gasteiger partial charge >= 0.3 is 0 Å². The average Bonchev–Trinajstić information content (AvgIpc) is 2.85. The highest BCUT2D eigenvalue weighted by Gasteiger charge is 2.15. The molecule has 0 atom stereocenters. The highest BCUT2D eigenvalue weighted by atomic mass is 35.5. The second-order valence-corrected chi connectivity index (χ2v) is 10.3. The molecule has 1 aromatic heterocycles. The maximum atomic E-state index is 12.7. The summed E-state index contributed by atoms with van der Waals surface area (Å²) in [5.41, 5.74) is 2.63. The SMILES string of the molecule is Cc1cc(=O)[nH]c(-c2cccc(NC(=O)COc3ccc(S(=O)(=O)Nc4ccc(C)c(Cl)c4)cc3)c2)n1. The lowest BCUT2D eigenvalue weighted by atomic mass is 10.2. The van der Waals surface area contributed by atoms with Crippen molar-refractivity contribution < 1.29 is 17.9 Å². The second kappa shape index (κ2) is 10.9. The molecule has 1 heterocycles. The molecule has 37 heavy (non-hydrogen) atoms. The number of benzene rings is 3. The number of aromatic amines is 1. The summed E-state index contributed by atoms with van der Waals surface area (Å²) in [7, 11) is -3.83. The Labute approximate surface area is 218 Å². The summed E-state index contributed by atoms with van der Waals surface area (Å²) in [6.45, 7) is 3.25. The van der Waals surface area contributed by atoms with Gasteiger partial charge in [-0.1, -0.05) is 29.8 Å². The molecule has 0 spiro atoms. The Balaban J connectivity index is 1.36. The molecule has 0 aliphatic heterocycles. The van der Waals surface area contributed by atoms with Gasteiger partial charge in [0.25, 0.3) is 21.5 Å². The number of sulfonamides is 1. The Bertz CT molecular complexity index is 1620. The Kier molecular flexibility index (Phi) is 7.61. The third-order valence-electron chi connectivity index (χ3n) is 5.22. The van der Waals surface area contributed by atoms with Crippen LogP contribution in [0.1, 0.15) is 11.3 Å². The molecule has 1 amide bonds. The van der Waals surface area contributed by atoms with Crippen molar-refractivity contribution in [3.05, 3.63) is 99.4 Å². The number of hydrogen-bond acceptors (Lipinski definition) is 6. The number of nitrogens with zero attached hydrogens (tertiary/aromatic N) is 1. The van der Waals surface area contributed by atoms with Crippen LogP contribution in [0.2, 0.25) is 5.02 Å². The number of aryl methyl sites for hydroxylation is 2. The van der Waals surface area contributed by atoms with E-state index in [2.05, 4.69) is 20.0 Å². The molecule has 0 saturated carbocycles. The second-order valence-electron chi connectivity index (χ2n) is 8.19. The average molecular weight is 539 g/mol. The fourth-order valence-electron chi connectivity index (χ4n) is 3.39. The molecule has 0 radical (unpaired) electrons. The first-order chi connectivity index (χ1) is 17.6. The lowest BCUT2D eigenvalue weighted by molar-refractivity contribution is -0.118. The van der Waals surface area contributed by atoms with Crippen LogP contribution in [0.15, 0.2) is 82.5 Å². The van der Waals surface area contributed by atoms with Gasteiger partial charge in [0.1, 0.15) is 11.6 Å². The van der Waals surface area contributed by atoms with Gasteiger partial charge in [0.2, 0.25) is 0 Å². The molecule has 0 bridgehead atoms. The lowest BCUT2D eigenvalue weighted by Gasteiger charge is -2.11. The largest absolute Gasteiger partial charge is 0.484 e. The van der Waals surface area contributed by atoms with Crippen LogP contribution in [0.25, 0.3) is 11.4 Å². The minimum absolute atomic E-state index is 0.0283. The number of nitrogens with one attached hydrogen (secondary N) is 3. The van der Waals surface area contributed by atoms with E-state index in [1.165, 1.54) is 36.4 Å². The minimum Gasteiger partial charge on any atom is -0.484 e. The van der Waals surface area contributed by atoms with Gasteiger partial charge < -0.3 is 15.0 Å². The number of hydrogen-bond donors (Lipinski definition) is 3. The van der Waals surface area contributed by atoms with Crippen LogP contribution in [-0.4, -0.2) is 30.9 Å². The molecule has 0 aliphatic carbocycles. The minimum atomic E-state index is -3.83. The van der Waals surface area contributed by atoms with Crippen molar-refractivity contribution in [2.45, 2.75) is 18.7 Å². The van der Waals surface area contributed by atoms with Gasteiger partial charge in [-0.15, -0.1) is 0 Å². The summed E-state index contributed by atoms with van der Waals surface area (Å²) in [5, 5.41) is 3.18. The van der Waals surface area contributed by atoms with Gasteiger partial charge in [-0.2, -0.15) is 0 Å². The Morgan fingerprint density at radius 1 is 1.00 bits per heavy atom. The van der Waals surface area contributed by atoms with Crippen molar-refractivity contribution in [1.82, 2.24) is 9.97 Å². The smallest absolute Gasteiger partial charge is 0.262 e. The van der Waals surface area contributed by atoms with Crippen molar-refractivity contribution in [3.8, 4) is 17.1 Å². The quantitative estimate of drug-likeness (QED) is 0.302. The molecule has 4 rings (SSSR count). The first-order valence-corrected chi connectivity index (χ1v) is 13.0. The van der Waals surface area contributed by atoms with E-state index in [1.54, 1.807) is 43.3 Å². The zero-order valence-corrected chi connectivity index (χ0v) is 21.5. The number of ether oxygens (including phenoxy) is 1. The van der Waals surface area contributed by atoms with Crippen molar-refractivity contribution in [1.29, 1.82) is 0 Å². The summed E-state index contributed by atoms with van der Waals surface area (Å²) >= 11 is 6.07. The van der Waals surface area contributed by atoms with Gasteiger partial charge in [0.15, 0.2) is 6.61 Å². The zero-order chi connectivity index (χ0) is 26.6. The molecule has 0 fully saturated rings. The van der Waals surface area contributed by atoms with Crippen LogP contribution in [0.3, 0.4) is 0 Å². The summed E-state index contributed by atoms with van der Waals surface area (Å²) < 4.78 is 33.3. The monoisotopic (exact) mass is 538 g/mol. The molecule has 190 valence electrons. The lowest BCUT2D eigenvalue weighted by Crippen LogP contribution is -2.20. The summed E-state index contributed by atoms with van der Waals surface area (Å²) in [6.07, 6.45) is 0. The first-order valence-electron chi connectivity index (χ1n) is 11.1. The zero-order valence-electron chi connectivity index (χ0n) is 19.9. The van der Waals surface area contributed by atoms with Gasteiger partial charge in [-0.05, 0) is 67.9 Å². The summed E-state index contributed by atoms with van der Waals surface area (Å²) in [5.74, 6) is 0.299. The number of rotatable bonds is 8. The Morgan fingerprint density at radius 3 is 2.46 bits per heavy atom. The van der Waals surface area contributed by atoms with E-state index in [4.69, 9.17) is 16.3 Å². The number of anilines is 2. The molecule has 9 nitrogen and oxygen atoms in total. The number of carbonyl (C=O) groups excluding carboxylic acids is 1. The fourth-order valence-corrected chi connectivity index (χ4v) is 4.62. The molecule has 0 unspecified atom stereocenters. The molecular weight excluding hydrogens is 516 g/mol. The number of aromatic nitrogens is 2. The maximum Gasteiger partial charge on any atom is 0.262 e. The Hall–Kier alpha value is -4.15. The van der Waals surface area contributed by atoms with E-state index in [0.717, 1.165) is 5.56 Å². The molecular formula is C26H23ClN4O5S. The van der Waals surface area contributed by atoms with Crippen LogP contribution in [0.5, 0.6) is 5.75 Å². The molecule has 0 saturated heterocycles. The Morgan fingerprint density at radius 2 is 1.76 bits per heavy atom. The van der Waals surface area contributed by atoms with E-state index in [9.17, 15) is 18.0 Å². The topological polar surface area (TPSA) is 130 Å². The van der Waals surface area contributed by atoms with Crippen molar-refractivity contribution in [3.63, 3.8) is 0 Å². The van der Waals surface area contributed by atoms with Gasteiger partial charge in [0.05, 0.1) is 10.6 Å². The molecule has 3 N–H and O–H groups in total. The van der Waals surface area contributed by atoms with E-state index >= 15 is 0 Å². The fraction of sp³-hybridized carbons (Fsp3) is 0.115. The third kappa shape index (κ3) is 6.75. The van der Waals surface area contributed by atoms with E-state index < -0.39 is 15.9 Å². The molecule has 4 aromatic rings. The number of H-pyrrole nitrogens is 1. The van der Waals surface area contributed by atoms with Gasteiger partial charge in [-0.25, -0.2) is 13.4 Å². The predicted octanol–water partition coefficient (Wildman–Crippen LogP) is 4.53. The molecule has 11 heteroatoms. The highest BCUT2D eigenvalue weighted by Crippen LogP contribution is 2.24. The molecule has 0 aliphatic rings. The standard InChI is InChI=1S/C26H23ClN4O5S/c1-16-6-7-20(14-23(16)27)31-37(34,35)22-10-8-21(9-11-22)36-15-25(33)29-19-5-3-4-18(13-19)26-28-17(2)12-24(32)30-26/h3-14,31H,15H2,1-2H3,(H,29,33)(H,28,30,32). The third-order valence-corrected chi connectivity index (χ3v) is 7.02. The number of amides is 1. The predicted molar refractivity (Wildman–Crippen MR) is 143 cm³/mol. The number of carbonyl (C=O) groups is 1. The first kappa shape index (κ1) is 25.9. The van der Waals surface area contributed by atoms with Crippen molar-refractivity contribution >= 4 is 38.9 Å². The summed E-state index contributed by atoms with van der Waals surface area (Å²) in [6, 6.07) is 18.8. The van der Waals surface area contributed by atoms with Crippen LogP contribution >= 0.6 is 11.6 Å². The number of halogens is 1. The van der Waals surface area contributed by atoms with Crippen molar-refractivity contribution in [2.75, 3.05) is 16.6 Å². The van der Waals surface area contributed by atoms with E-state index in [0.29, 0.717) is 39.2 Å². The van der Waals surface area contributed by atoms with Crippen LogP contribution in [-0.2, 0) is 14.8 Å². The van der Waals surface area contributed by atoms with Crippen LogP contribution in [0, 0.1) is 13.8 Å². The highest BCUT2D eigenvalue weighted by molar-refractivity contribution is 7.92. The molecule has 3 aromatic carbocycles. The normalized spacial score (nSPS) is 11.1. The maximum absolute atomic E-state index is 12.7. The van der Waals surface area contributed by atoms with E-state index in [-0.39, 0.29) is 17.1 Å².